The molecule has 2 aromatic carbocycles. The fourth-order valence-corrected chi connectivity index (χ4v) is 4.23. The summed E-state index contributed by atoms with van der Waals surface area (Å²) in [5.74, 6) is -1.72. The van der Waals surface area contributed by atoms with Crippen LogP contribution >= 0.6 is 7.82 Å². The molecule has 1 heterocycles. The van der Waals surface area contributed by atoms with Gasteiger partial charge in [-0.1, -0.05) is 48.5 Å². The Morgan fingerprint density at radius 2 is 1.66 bits per heavy atom. The molecule has 3 amide bonds. The van der Waals surface area contributed by atoms with Gasteiger partial charge in [0.2, 0.25) is 17.7 Å². The highest BCUT2D eigenvalue weighted by atomic mass is 31.2. The van der Waals surface area contributed by atoms with Gasteiger partial charge in [0.25, 0.3) is 0 Å². The first-order chi connectivity index (χ1) is 18.2. The van der Waals surface area contributed by atoms with Crippen molar-refractivity contribution in [3.63, 3.8) is 0 Å². The van der Waals surface area contributed by atoms with E-state index in [2.05, 4.69) is 25.5 Å². The van der Waals surface area contributed by atoms with Crippen molar-refractivity contribution in [1.82, 2.24) is 20.9 Å². The SMILES string of the molecule is O=C(CNC(=O)C(COP(=O)(O)O)NC(=O)CCc1c[nH]c2ccccc12)NCCCCc1ccccc1. The van der Waals surface area contributed by atoms with Gasteiger partial charge in [0.1, 0.15) is 6.04 Å². The molecule has 12 heteroatoms. The first kappa shape index (κ1) is 29.1. The van der Waals surface area contributed by atoms with Crippen LogP contribution in [0.3, 0.4) is 0 Å². The van der Waals surface area contributed by atoms with Gasteiger partial charge in [-0.15, -0.1) is 0 Å². The van der Waals surface area contributed by atoms with Gasteiger partial charge in [-0.2, -0.15) is 0 Å². The minimum atomic E-state index is -4.88. The summed E-state index contributed by atoms with van der Waals surface area (Å²) in [6.07, 6.45) is 4.78. The van der Waals surface area contributed by atoms with E-state index in [0.29, 0.717) is 13.0 Å². The summed E-state index contributed by atoms with van der Waals surface area (Å²) < 4.78 is 15.6. The van der Waals surface area contributed by atoms with Gasteiger partial charge in [-0.3, -0.25) is 18.9 Å². The largest absolute Gasteiger partial charge is 0.469 e. The number of hydrogen-bond acceptors (Lipinski definition) is 5. The number of unbranched alkanes of at least 4 members (excludes halogenated alkanes) is 1. The lowest BCUT2D eigenvalue weighted by Crippen LogP contribution is -2.51. The molecule has 38 heavy (non-hydrogen) atoms. The number of aromatic amines is 1. The average molecular weight is 545 g/mol. The zero-order chi connectivity index (χ0) is 27.4. The Balaban J connectivity index is 1.42. The number of carbonyl (C=O) groups excluding carboxylic acids is 3. The number of benzene rings is 2. The van der Waals surface area contributed by atoms with Crippen LogP contribution in [0.1, 0.15) is 30.4 Å². The molecule has 3 rings (SSSR count). The van der Waals surface area contributed by atoms with Crippen molar-refractivity contribution < 1.29 is 33.3 Å². The van der Waals surface area contributed by atoms with Gasteiger partial charge in [-0.05, 0) is 42.9 Å². The van der Waals surface area contributed by atoms with Crippen LogP contribution in [0.25, 0.3) is 10.9 Å². The summed E-state index contributed by atoms with van der Waals surface area (Å²) in [5, 5.41) is 8.51. The first-order valence-electron chi connectivity index (χ1n) is 12.3. The first-order valence-corrected chi connectivity index (χ1v) is 13.9. The fraction of sp³-hybridized carbons (Fsp3) is 0.346. The van der Waals surface area contributed by atoms with E-state index in [1.807, 2.05) is 54.6 Å². The normalized spacial score (nSPS) is 12.2. The van der Waals surface area contributed by atoms with Crippen LogP contribution in [0.4, 0.5) is 0 Å². The van der Waals surface area contributed by atoms with Gasteiger partial charge in [-0.25, -0.2) is 4.57 Å². The molecule has 0 saturated heterocycles. The standard InChI is InChI=1S/C26H33N4O7P/c31-24(14-13-20-16-28-22-12-5-4-11-21(20)22)30-23(18-37-38(34,35)36)26(33)29-17-25(32)27-15-7-6-10-19-8-2-1-3-9-19/h1-5,8-9,11-12,16,23,28H,6-7,10,13-15,17-18H2,(H,27,32)(H,29,33)(H,30,31)(H2,34,35,36). The number of H-pyrrole nitrogens is 1. The van der Waals surface area contributed by atoms with Gasteiger partial charge in [0, 0.05) is 30.1 Å². The number of aryl methyl sites for hydroxylation is 2. The molecule has 1 unspecified atom stereocenters. The molecular formula is C26H33N4O7P. The van der Waals surface area contributed by atoms with E-state index in [0.717, 1.165) is 35.7 Å². The number of hydrogen-bond donors (Lipinski definition) is 6. The van der Waals surface area contributed by atoms with Crippen LogP contribution in [-0.2, 0) is 36.3 Å². The smallest absolute Gasteiger partial charge is 0.361 e. The molecule has 0 aliphatic carbocycles. The molecule has 11 nitrogen and oxygen atoms in total. The molecule has 0 fully saturated rings. The summed E-state index contributed by atoms with van der Waals surface area (Å²) in [7, 11) is -4.88. The second-order valence-electron chi connectivity index (χ2n) is 8.78. The van der Waals surface area contributed by atoms with Crippen molar-refractivity contribution in [2.45, 2.75) is 38.1 Å². The quantitative estimate of drug-likeness (QED) is 0.125. The lowest BCUT2D eigenvalue weighted by Gasteiger charge is -2.18. The Morgan fingerprint density at radius 1 is 0.921 bits per heavy atom. The third-order valence-electron chi connectivity index (χ3n) is 5.84. The van der Waals surface area contributed by atoms with E-state index in [4.69, 9.17) is 9.79 Å². The Bertz CT molecular complexity index is 1260. The van der Waals surface area contributed by atoms with Gasteiger partial charge >= 0.3 is 7.82 Å². The van der Waals surface area contributed by atoms with Gasteiger partial charge < -0.3 is 30.7 Å². The predicted octanol–water partition coefficient (Wildman–Crippen LogP) is 1.95. The van der Waals surface area contributed by atoms with Crippen molar-refractivity contribution in [1.29, 1.82) is 0 Å². The molecule has 0 spiro atoms. The van der Waals surface area contributed by atoms with E-state index in [9.17, 15) is 18.9 Å². The summed E-state index contributed by atoms with van der Waals surface area (Å²) in [4.78, 5) is 58.4. The van der Waals surface area contributed by atoms with E-state index in [1.54, 1.807) is 6.20 Å². The fourth-order valence-electron chi connectivity index (χ4n) is 3.89. The van der Waals surface area contributed by atoms with Crippen molar-refractivity contribution in [3.8, 4) is 0 Å². The number of phosphoric acid groups is 1. The third kappa shape index (κ3) is 10.1. The highest BCUT2D eigenvalue weighted by Gasteiger charge is 2.25. The maximum atomic E-state index is 12.6. The number of nitrogens with one attached hydrogen (secondary N) is 4. The summed E-state index contributed by atoms with van der Waals surface area (Å²) >= 11 is 0. The maximum absolute atomic E-state index is 12.6. The van der Waals surface area contributed by atoms with Crippen molar-refractivity contribution in [2.24, 2.45) is 0 Å². The maximum Gasteiger partial charge on any atom is 0.469 e. The van der Waals surface area contributed by atoms with Crippen LogP contribution in [0.15, 0.2) is 60.8 Å². The Morgan fingerprint density at radius 3 is 2.42 bits per heavy atom. The summed E-state index contributed by atoms with van der Waals surface area (Å²) in [5.41, 5.74) is 3.08. The zero-order valence-electron chi connectivity index (χ0n) is 20.9. The minimum Gasteiger partial charge on any atom is -0.361 e. The third-order valence-corrected chi connectivity index (χ3v) is 6.32. The van der Waals surface area contributed by atoms with Crippen LogP contribution in [0.5, 0.6) is 0 Å². The van der Waals surface area contributed by atoms with Crippen LogP contribution in [0, 0.1) is 0 Å². The molecule has 0 aliphatic rings. The molecule has 0 saturated carbocycles. The van der Waals surface area contributed by atoms with E-state index in [1.165, 1.54) is 5.56 Å². The predicted molar refractivity (Wildman–Crippen MR) is 142 cm³/mol. The minimum absolute atomic E-state index is 0.0327. The molecular weight excluding hydrogens is 511 g/mol. The summed E-state index contributed by atoms with van der Waals surface area (Å²) in [6.45, 7) is -0.665. The van der Waals surface area contributed by atoms with E-state index in [-0.39, 0.29) is 13.0 Å². The number of carbonyl (C=O) groups is 3. The highest BCUT2D eigenvalue weighted by Crippen LogP contribution is 2.35. The molecule has 0 aliphatic heterocycles. The number of fused-ring (bicyclic) bond motifs is 1. The molecule has 1 atom stereocenters. The van der Waals surface area contributed by atoms with E-state index >= 15 is 0 Å². The number of para-hydroxylation sites is 1. The van der Waals surface area contributed by atoms with Crippen LogP contribution < -0.4 is 16.0 Å². The number of rotatable bonds is 15. The number of amides is 3. The monoisotopic (exact) mass is 544 g/mol. The highest BCUT2D eigenvalue weighted by molar-refractivity contribution is 7.46. The van der Waals surface area contributed by atoms with Crippen molar-refractivity contribution >= 4 is 36.4 Å². The molecule has 204 valence electrons. The number of phosphoric ester groups is 1. The second-order valence-corrected chi connectivity index (χ2v) is 10.0. The van der Waals surface area contributed by atoms with E-state index < -0.39 is 38.2 Å². The molecule has 0 radical (unpaired) electrons. The lowest BCUT2D eigenvalue weighted by atomic mass is 10.1. The Labute approximate surface area is 220 Å². The Kier molecular flexibility index (Phi) is 11.0. The van der Waals surface area contributed by atoms with Crippen LogP contribution in [0.2, 0.25) is 0 Å². The topological polar surface area (TPSA) is 170 Å². The molecule has 3 aromatic rings. The van der Waals surface area contributed by atoms with Gasteiger partial charge in [0.15, 0.2) is 0 Å². The zero-order valence-corrected chi connectivity index (χ0v) is 21.8. The molecule has 1 aromatic heterocycles. The number of aromatic nitrogens is 1. The Hall–Kier alpha value is -3.50. The molecule has 6 N–H and O–H groups in total. The van der Waals surface area contributed by atoms with Crippen molar-refractivity contribution in [2.75, 3.05) is 19.7 Å². The lowest BCUT2D eigenvalue weighted by molar-refractivity contribution is -0.131. The second kappa shape index (κ2) is 14.4. The average Bonchev–Trinajstić information content (AvgIpc) is 3.31. The molecule has 0 bridgehead atoms. The van der Waals surface area contributed by atoms with Gasteiger partial charge in [0.05, 0.1) is 13.2 Å². The summed E-state index contributed by atoms with van der Waals surface area (Å²) in [6, 6.07) is 16.2. The van der Waals surface area contributed by atoms with Crippen molar-refractivity contribution in [3.05, 3.63) is 71.9 Å². The van der Waals surface area contributed by atoms with Crippen LogP contribution in [-0.4, -0.2) is 58.2 Å².